The second-order valence-corrected chi connectivity index (χ2v) is 5.02. The summed E-state index contributed by atoms with van der Waals surface area (Å²) < 4.78 is 6.98. The summed E-state index contributed by atoms with van der Waals surface area (Å²) in [6.45, 7) is 5.77. The molecule has 20 heavy (non-hydrogen) atoms. The summed E-state index contributed by atoms with van der Waals surface area (Å²) in [5.74, 6) is -0.670. The van der Waals surface area contributed by atoms with Gasteiger partial charge in [-0.1, -0.05) is 0 Å². The molecule has 1 heterocycles. The summed E-state index contributed by atoms with van der Waals surface area (Å²) in [6.07, 6.45) is 1.41. The zero-order chi connectivity index (χ0) is 15.0. The number of rotatable bonds is 3. The smallest absolute Gasteiger partial charge is 0.341 e. The molecular weight excluding hydrogens is 258 g/mol. The van der Waals surface area contributed by atoms with Crippen molar-refractivity contribution >= 4 is 16.9 Å². The average Bonchev–Trinajstić information content (AvgIpc) is 2.38. The van der Waals surface area contributed by atoms with Crippen LogP contribution < -0.4 is 10.2 Å². The quantitative estimate of drug-likeness (QED) is 0.934. The number of hydrogen-bond acceptors (Lipinski definition) is 3. The van der Waals surface area contributed by atoms with Crippen molar-refractivity contribution in [2.24, 2.45) is 0 Å². The molecule has 0 radical (unpaired) electrons. The van der Waals surface area contributed by atoms with Crippen LogP contribution >= 0.6 is 0 Å². The predicted octanol–water partition coefficient (Wildman–Crippen LogP) is 2.60. The number of hydrogen-bond donors (Lipinski definition) is 1. The fourth-order valence-electron chi connectivity index (χ4n) is 2.35. The molecule has 0 aliphatic rings. The van der Waals surface area contributed by atoms with Crippen LogP contribution in [0.4, 0.5) is 0 Å². The normalized spacial score (nSPS) is 11.1. The molecule has 0 saturated carbocycles. The highest BCUT2D eigenvalue weighted by Crippen LogP contribution is 2.25. The van der Waals surface area contributed by atoms with E-state index in [1.807, 2.05) is 31.4 Å². The molecule has 106 valence electrons. The number of nitrogens with zero attached hydrogens (tertiary/aromatic N) is 1. The minimum absolute atomic E-state index is 0.0447. The Bertz CT molecular complexity index is 744. The highest BCUT2D eigenvalue weighted by atomic mass is 16.5. The van der Waals surface area contributed by atoms with Gasteiger partial charge in [-0.25, -0.2) is 4.79 Å². The van der Waals surface area contributed by atoms with E-state index in [1.54, 1.807) is 6.07 Å². The number of carboxylic acids is 1. The van der Waals surface area contributed by atoms with Gasteiger partial charge in [-0.2, -0.15) is 0 Å². The molecule has 1 N–H and O–H groups in total. The summed E-state index contributed by atoms with van der Waals surface area (Å²) in [5, 5.41) is 9.55. The van der Waals surface area contributed by atoms with Crippen LogP contribution in [0, 0.1) is 6.92 Å². The Kier molecular flexibility index (Phi) is 3.53. The van der Waals surface area contributed by atoms with E-state index in [9.17, 15) is 14.7 Å². The second-order valence-electron chi connectivity index (χ2n) is 5.02. The van der Waals surface area contributed by atoms with Crippen LogP contribution in [0.15, 0.2) is 23.1 Å². The van der Waals surface area contributed by atoms with Crippen LogP contribution in [0.3, 0.4) is 0 Å². The van der Waals surface area contributed by atoms with Crippen LogP contribution in [0.2, 0.25) is 0 Å². The summed E-state index contributed by atoms with van der Waals surface area (Å²) in [4.78, 5) is 23.6. The number of aromatic carboxylic acids is 1. The molecule has 0 aliphatic carbocycles. The van der Waals surface area contributed by atoms with E-state index in [2.05, 4.69) is 0 Å². The summed E-state index contributed by atoms with van der Waals surface area (Å²) in [6, 6.07) is 3.47. The minimum atomic E-state index is -1.22. The lowest BCUT2D eigenvalue weighted by Gasteiger charge is -2.18. The van der Waals surface area contributed by atoms with Crippen molar-refractivity contribution in [3.63, 3.8) is 0 Å². The molecule has 2 aromatic rings. The van der Waals surface area contributed by atoms with Gasteiger partial charge in [0.2, 0.25) is 5.43 Å². The monoisotopic (exact) mass is 275 g/mol. The van der Waals surface area contributed by atoms with Gasteiger partial charge in [-0.15, -0.1) is 0 Å². The topological polar surface area (TPSA) is 68.5 Å². The van der Waals surface area contributed by atoms with E-state index >= 15 is 0 Å². The van der Waals surface area contributed by atoms with Gasteiger partial charge >= 0.3 is 5.97 Å². The predicted molar refractivity (Wildman–Crippen MR) is 76.8 cm³/mol. The first-order chi connectivity index (χ1) is 9.36. The van der Waals surface area contributed by atoms with E-state index in [0.717, 1.165) is 11.1 Å². The van der Waals surface area contributed by atoms with Crippen LogP contribution in [-0.2, 0) is 0 Å². The van der Waals surface area contributed by atoms with Gasteiger partial charge in [-0.05, 0) is 38.5 Å². The second kappa shape index (κ2) is 5.00. The van der Waals surface area contributed by atoms with E-state index in [0.29, 0.717) is 11.1 Å². The Hall–Kier alpha value is -2.30. The molecule has 0 spiro atoms. The maximum absolute atomic E-state index is 12.3. The van der Waals surface area contributed by atoms with Crippen molar-refractivity contribution in [2.75, 3.05) is 7.11 Å². The highest BCUT2D eigenvalue weighted by Gasteiger charge is 2.17. The van der Waals surface area contributed by atoms with E-state index in [-0.39, 0.29) is 11.6 Å². The van der Waals surface area contributed by atoms with Crippen molar-refractivity contribution in [1.29, 1.82) is 0 Å². The van der Waals surface area contributed by atoms with Crippen LogP contribution in [0.5, 0.6) is 5.75 Å². The molecule has 0 atom stereocenters. The largest absolute Gasteiger partial charge is 0.497 e. The molecule has 0 bridgehead atoms. The van der Waals surface area contributed by atoms with Crippen molar-refractivity contribution in [1.82, 2.24) is 4.57 Å². The molecule has 0 saturated heterocycles. The van der Waals surface area contributed by atoms with Gasteiger partial charge < -0.3 is 14.4 Å². The molecule has 1 aromatic carbocycles. The number of benzene rings is 1. The van der Waals surface area contributed by atoms with Gasteiger partial charge in [0.1, 0.15) is 11.3 Å². The van der Waals surface area contributed by atoms with E-state index in [4.69, 9.17) is 4.74 Å². The maximum Gasteiger partial charge on any atom is 0.341 e. The third kappa shape index (κ3) is 2.15. The third-order valence-electron chi connectivity index (χ3n) is 3.31. The molecular formula is C15H17NO4. The molecule has 5 nitrogen and oxygen atoms in total. The lowest BCUT2D eigenvalue weighted by molar-refractivity contribution is 0.0694. The lowest BCUT2D eigenvalue weighted by atomic mass is 10.1. The SMILES string of the molecule is COc1cc(C)c2c(c1)c(=O)c(C(=O)O)cn2C(C)C. The Morgan fingerprint density at radius 1 is 1.35 bits per heavy atom. The van der Waals surface area contributed by atoms with E-state index < -0.39 is 11.4 Å². The number of fused-ring (bicyclic) bond motifs is 1. The van der Waals surface area contributed by atoms with Gasteiger partial charge in [0, 0.05) is 12.2 Å². The number of ether oxygens (including phenoxy) is 1. The molecule has 0 aliphatic heterocycles. The summed E-state index contributed by atoms with van der Waals surface area (Å²) in [5.41, 5.74) is 0.920. The molecule has 2 rings (SSSR count). The van der Waals surface area contributed by atoms with Crippen LogP contribution in [-0.4, -0.2) is 22.8 Å². The first kappa shape index (κ1) is 14.1. The molecule has 1 aromatic heterocycles. The molecule has 0 unspecified atom stereocenters. The average molecular weight is 275 g/mol. The van der Waals surface area contributed by atoms with Gasteiger partial charge in [0.05, 0.1) is 18.0 Å². The highest BCUT2D eigenvalue weighted by molar-refractivity contribution is 5.94. The number of aryl methyl sites for hydroxylation is 1. The van der Waals surface area contributed by atoms with Gasteiger partial charge in [-0.3, -0.25) is 4.79 Å². The Balaban J connectivity index is 3.02. The Labute approximate surface area is 116 Å². The first-order valence-electron chi connectivity index (χ1n) is 6.33. The number of methoxy groups -OCH3 is 1. The minimum Gasteiger partial charge on any atom is -0.497 e. The van der Waals surface area contributed by atoms with E-state index in [1.165, 1.54) is 13.3 Å². The number of carboxylic acid groups (broad SMARTS) is 1. The van der Waals surface area contributed by atoms with Gasteiger partial charge in [0.15, 0.2) is 0 Å². The molecule has 0 amide bonds. The summed E-state index contributed by atoms with van der Waals surface area (Å²) >= 11 is 0. The third-order valence-corrected chi connectivity index (χ3v) is 3.31. The number of aromatic nitrogens is 1. The zero-order valence-corrected chi connectivity index (χ0v) is 11.9. The first-order valence-corrected chi connectivity index (χ1v) is 6.33. The summed E-state index contributed by atoms with van der Waals surface area (Å²) in [7, 11) is 1.52. The Morgan fingerprint density at radius 3 is 2.50 bits per heavy atom. The van der Waals surface area contributed by atoms with Gasteiger partial charge in [0.25, 0.3) is 0 Å². The van der Waals surface area contributed by atoms with Crippen molar-refractivity contribution < 1.29 is 14.6 Å². The standard InChI is InChI=1S/C15H17NO4/c1-8(2)16-7-12(15(18)19)14(17)11-6-10(20-4)5-9(3)13(11)16/h5-8H,1-4H3,(H,18,19). The number of carbonyl (C=O) groups is 1. The zero-order valence-electron chi connectivity index (χ0n) is 11.9. The molecule has 0 fully saturated rings. The lowest BCUT2D eigenvalue weighted by Crippen LogP contribution is -2.20. The Morgan fingerprint density at radius 2 is 2.00 bits per heavy atom. The van der Waals surface area contributed by atoms with Crippen LogP contribution in [0.25, 0.3) is 10.9 Å². The van der Waals surface area contributed by atoms with Crippen molar-refractivity contribution in [2.45, 2.75) is 26.8 Å². The van der Waals surface area contributed by atoms with Crippen molar-refractivity contribution in [3.8, 4) is 5.75 Å². The van der Waals surface area contributed by atoms with Crippen molar-refractivity contribution in [3.05, 3.63) is 39.7 Å². The number of pyridine rings is 1. The maximum atomic E-state index is 12.3. The fraction of sp³-hybridized carbons (Fsp3) is 0.333. The van der Waals surface area contributed by atoms with Crippen LogP contribution in [0.1, 0.15) is 35.8 Å². The fourth-order valence-corrected chi connectivity index (χ4v) is 2.35. The molecule has 5 heteroatoms.